The maximum Gasteiger partial charge on any atom is 0.253 e. The number of benzene rings is 1. The van der Waals surface area contributed by atoms with Gasteiger partial charge in [0.05, 0.1) is 0 Å². The summed E-state index contributed by atoms with van der Waals surface area (Å²) in [4.78, 5) is 14.0. The molecule has 0 spiro atoms. The number of nitrogens with zero attached hydrogens (tertiary/aromatic N) is 1. The Labute approximate surface area is 112 Å². The minimum absolute atomic E-state index is 0.0792. The van der Waals surface area contributed by atoms with E-state index in [2.05, 4.69) is 36.7 Å². The number of amides is 1. The molecule has 1 rings (SSSR count). The fourth-order valence-electron chi connectivity index (χ4n) is 1.78. The minimum atomic E-state index is 0.0792. The van der Waals surface area contributed by atoms with Gasteiger partial charge in [0.15, 0.2) is 0 Å². The van der Waals surface area contributed by atoms with Crippen LogP contribution in [0.1, 0.15) is 36.7 Å². The molecule has 0 radical (unpaired) electrons. The van der Waals surface area contributed by atoms with Crippen molar-refractivity contribution in [2.75, 3.05) is 13.6 Å². The van der Waals surface area contributed by atoms with Crippen LogP contribution in [0.3, 0.4) is 0 Å². The van der Waals surface area contributed by atoms with E-state index in [0.29, 0.717) is 0 Å². The number of rotatable bonds is 2. The molecule has 0 bridgehead atoms. The van der Waals surface area contributed by atoms with Crippen LogP contribution in [0, 0.1) is 12.3 Å². The third-order valence-corrected chi connectivity index (χ3v) is 3.35. The fraction of sp³-hybridized carbons (Fsp3) is 0.500. The van der Waals surface area contributed by atoms with Gasteiger partial charge in [-0.25, -0.2) is 0 Å². The molecule has 0 aliphatic carbocycles. The summed E-state index contributed by atoms with van der Waals surface area (Å²) >= 11 is 3.44. The quantitative estimate of drug-likeness (QED) is 0.811. The standard InChI is InChI=1S/C14H20BrNO/c1-10-8-11(6-7-12(10)15)13(17)16(5)9-14(2,3)4/h6-8H,9H2,1-5H3. The van der Waals surface area contributed by atoms with Crippen molar-refractivity contribution in [3.05, 3.63) is 33.8 Å². The van der Waals surface area contributed by atoms with Crippen molar-refractivity contribution >= 4 is 21.8 Å². The van der Waals surface area contributed by atoms with Crippen molar-refractivity contribution in [1.82, 2.24) is 4.90 Å². The van der Waals surface area contributed by atoms with E-state index in [1.54, 1.807) is 4.90 Å². The van der Waals surface area contributed by atoms with Gasteiger partial charge >= 0.3 is 0 Å². The van der Waals surface area contributed by atoms with Gasteiger partial charge in [-0.15, -0.1) is 0 Å². The highest BCUT2D eigenvalue weighted by Gasteiger charge is 2.19. The van der Waals surface area contributed by atoms with Crippen LogP contribution in [0.25, 0.3) is 0 Å². The van der Waals surface area contributed by atoms with E-state index >= 15 is 0 Å². The molecule has 17 heavy (non-hydrogen) atoms. The van der Waals surface area contributed by atoms with Gasteiger partial charge in [0, 0.05) is 23.6 Å². The zero-order valence-electron chi connectivity index (χ0n) is 11.2. The lowest BCUT2D eigenvalue weighted by Crippen LogP contribution is -2.34. The normalized spacial score (nSPS) is 11.4. The average molecular weight is 298 g/mol. The molecular weight excluding hydrogens is 278 g/mol. The number of halogens is 1. The van der Waals surface area contributed by atoms with Gasteiger partial charge < -0.3 is 4.90 Å². The van der Waals surface area contributed by atoms with Crippen LogP contribution in [-0.4, -0.2) is 24.4 Å². The maximum absolute atomic E-state index is 12.2. The predicted molar refractivity (Wildman–Crippen MR) is 75.3 cm³/mol. The van der Waals surface area contributed by atoms with Crippen LogP contribution < -0.4 is 0 Å². The summed E-state index contributed by atoms with van der Waals surface area (Å²) in [6.45, 7) is 9.13. The van der Waals surface area contributed by atoms with E-state index in [-0.39, 0.29) is 11.3 Å². The van der Waals surface area contributed by atoms with Gasteiger partial charge in [-0.05, 0) is 36.1 Å². The van der Waals surface area contributed by atoms with Crippen LogP contribution >= 0.6 is 15.9 Å². The second kappa shape index (κ2) is 5.21. The van der Waals surface area contributed by atoms with Crippen LogP contribution in [0.4, 0.5) is 0 Å². The van der Waals surface area contributed by atoms with E-state index in [9.17, 15) is 4.79 Å². The number of aryl methyl sites for hydroxylation is 1. The zero-order chi connectivity index (χ0) is 13.2. The molecule has 0 saturated carbocycles. The fourth-order valence-corrected chi connectivity index (χ4v) is 2.03. The molecule has 0 N–H and O–H groups in total. The molecule has 1 aromatic carbocycles. The molecule has 1 aromatic rings. The van der Waals surface area contributed by atoms with Crippen molar-refractivity contribution in [2.24, 2.45) is 5.41 Å². The lowest BCUT2D eigenvalue weighted by Gasteiger charge is -2.26. The average Bonchev–Trinajstić information content (AvgIpc) is 2.18. The lowest BCUT2D eigenvalue weighted by atomic mass is 9.96. The van der Waals surface area contributed by atoms with Crippen LogP contribution in [0.2, 0.25) is 0 Å². The highest BCUT2D eigenvalue weighted by Crippen LogP contribution is 2.20. The molecular formula is C14H20BrNO. The molecule has 0 heterocycles. The van der Waals surface area contributed by atoms with E-state index in [0.717, 1.165) is 22.1 Å². The number of carbonyl (C=O) groups is 1. The maximum atomic E-state index is 12.2. The first-order valence-corrected chi connectivity index (χ1v) is 6.51. The Morgan fingerprint density at radius 3 is 2.41 bits per heavy atom. The molecule has 0 saturated heterocycles. The van der Waals surface area contributed by atoms with Crippen LogP contribution in [-0.2, 0) is 0 Å². The molecule has 3 heteroatoms. The SMILES string of the molecule is Cc1cc(C(=O)N(C)CC(C)(C)C)ccc1Br. The van der Waals surface area contributed by atoms with Gasteiger partial charge in [-0.3, -0.25) is 4.79 Å². The molecule has 0 atom stereocenters. The highest BCUT2D eigenvalue weighted by atomic mass is 79.9. The second-order valence-corrected chi connectivity index (χ2v) is 6.54. The van der Waals surface area contributed by atoms with Gasteiger partial charge in [-0.2, -0.15) is 0 Å². The molecule has 0 aliphatic rings. The first-order valence-electron chi connectivity index (χ1n) is 5.72. The summed E-state index contributed by atoms with van der Waals surface area (Å²) in [5.41, 5.74) is 1.95. The summed E-state index contributed by atoms with van der Waals surface area (Å²) in [5.74, 6) is 0.0792. The molecule has 0 fully saturated rings. The predicted octanol–water partition coefficient (Wildman–Crippen LogP) is 3.88. The van der Waals surface area contributed by atoms with E-state index in [1.807, 2.05) is 32.2 Å². The van der Waals surface area contributed by atoms with Gasteiger partial charge in [-0.1, -0.05) is 36.7 Å². The van der Waals surface area contributed by atoms with Crippen LogP contribution in [0.5, 0.6) is 0 Å². The van der Waals surface area contributed by atoms with Crippen LogP contribution in [0.15, 0.2) is 22.7 Å². The van der Waals surface area contributed by atoms with E-state index < -0.39 is 0 Å². The first-order chi connectivity index (χ1) is 7.70. The van der Waals surface area contributed by atoms with Crippen molar-refractivity contribution in [2.45, 2.75) is 27.7 Å². The Kier molecular flexibility index (Phi) is 4.36. The Morgan fingerprint density at radius 2 is 1.94 bits per heavy atom. The summed E-state index contributed by atoms with van der Waals surface area (Å²) in [6.07, 6.45) is 0. The Morgan fingerprint density at radius 1 is 1.35 bits per heavy atom. The second-order valence-electron chi connectivity index (χ2n) is 5.69. The topological polar surface area (TPSA) is 20.3 Å². The van der Waals surface area contributed by atoms with E-state index in [1.165, 1.54) is 0 Å². The summed E-state index contributed by atoms with van der Waals surface area (Å²) in [6, 6.07) is 5.71. The molecule has 0 aromatic heterocycles. The van der Waals surface area contributed by atoms with Crippen molar-refractivity contribution in [1.29, 1.82) is 0 Å². The monoisotopic (exact) mass is 297 g/mol. The first kappa shape index (κ1) is 14.2. The summed E-state index contributed by atoms with van der Waals surface area (Å²) in [5, 5.41) is 0. The number of hydrogen-bond acceptors (Lipinski definition) is 1. The number of carbonyl (C=O) groups excluding carboxylic acids is 1. The summed E-state index contributed by atoms with van der Waals surface area (Å²) in [7, 11) is 1.85. The third-order valence-electron chi connectivity index (χ3n) is 2.46. The molecule has 0 aliphatic heterocycles. The van der Waals surface area contributed by atoms with E-state index in [4.69, 9.17) is 0 Å². The zero-order valence-corrected chi connectivity index (χ0v) is 12.8. The Bertz CT molecular complexity index is 421. The Balaban J connectivity index is 2.85. The largest absolute Gasteiger partial charge is 0.341 e. The highest BCUT2D eigenvalue weighted by molar-refractivity contribution is 9.10. The van der Waals surface area contributed by atoms with Crippen molar-refractivity contribution in [3.63, 3.8) is 0 Å². The lowest BCUT2D eigenvalue weighted by molar-refractivity contribution is 0.0745. The Hall–Kier alpha value is -0.830. The number of hydrogen-bond donors (Lipinski definition) is 0. The third kappa shape index (κ3) is 4.15. The van der Waals surface area contributed by atoms with Gasteiger partial charge in [0.1, 0.15) is 0 Å². The van der Waals surface area contributed by atoms with Crippen molar-refractivity contribution in [3.8, 4) is 0 Å². The molecule has 2 nitrogen and oxygen atoms in total. The molecule has 94 valence electrons. The molecule has 0 unspecified atom stereocenters. The molecule has 1 amide bonds. The van der Waals surface area contributed by atoms with Gasteiger partial charge in [0.2, 0.25) is 0 Å². The van der Waals surface area contributed by atoms with Crippen molar-refractivity contribution < 1.29 is 4.79 Å². The smallest absolute Gasteiger partial charge is 0.253 e. The summed E-state index contributed by atoms with van der Waals surface area (Å²) < 4.78 is 1.03. The minimum Gasteiger partial charge on any atom is -0.341 e. The van der Waals surface area contributed by atoms with Gasteiger partial charge in [0.25, 0.3) is 5.91 Å².